The Morgan fingerprint density at radius 1 is 1.38 bits per heavy atom. The van der Waals surface area contributed by atoms with Crippen LogP contribution in [0.5, 0.6) is 0 Å². The van der Waals surface area contributed by atoms with Crippen LogP contribution in [-0.2, 0) is 14.3 Å². The number of fused-ring (bicyclic) bond motifs is 2. The van der Waals surface area contributed by atoms with Crippen LogP contribution in [0.3, 0.4) is 0 Å². The van der Waals surface area contributed by atoms with E-state index < -0.39 is 0 Å². The van der Waals surface area contributed by atoms with E-state index in [4.69, 9.17) is 9.47 Å². The molecule has 0 atom stereocenters. The van der Waals surface area contributed by atoms with Gasteiger partial charge in [0.25, 0.3) is 0 Å². The van der Waals surface area contributed by atoms with Crippen molar-refractivity contribution in [1.82, 2.24) is 0 Å². The van der Waals surface area contributed by atoms with Crippen molar-refractivity contribution in [2.45, 2.75) is 6.92 Å². The van der Waals surface area contributed by atoms with Gasteiger partial charge < -0.3 is 9.47 Å². The minimum absolute atomic E-state index is 0.294. The molecule has 80 valence electrons. The maximum atomic E-state index is 11.6. The molecule has 3 heteroatoms. The van der Waals surface area contributed by atoms with Crippen molar-refractivity contribution in [3.05, 3.63) is 46.0 Å². The molecule has 2 aliphatic rings. The lowest BCUT2D eigenvalue weighted by Crippen LogP contribution is -2.27. The van der Waals surface area contributed by atoms with Gasteiger partial charge in [-0.05, 0) is 12.1 Å². The number of benzene rings is 1. The van der Waals surface area contributed by atoms with E-state index >= 15 is 0 Å². The molecule has 1 heterocycles. The average molecular weight is 214 g/mol. The summed E-state index contributed by atoms with van der Waals surface area (Å²) in [6.45, 7) is 2.18. The van der Waals surface area contributed by atoms with Crippen LogP contribution in [0.1, 0.15) is 6.92 Å². The highest BCUT2D eigenvalue weighted by Crippen LogP contribution is 2.41. The first kappa shape index (κ1) is 9.21. The maximum Gasteiger partial charge on any atom is 0.342 e. The van der Waals surface area contributed by atoms with Crippen molar-refractivity contribution in [2.75, 3.05) is 6.61 Å². The largest absolute Gasteiger partial charge is 0.463 e. The summed E-state index contributed by atoms with van der Waals surface area (Å²) < 4.78 is 10.3. The summed E-state index contributed by atoms with van der Waals surface area (Å²) >= 11 is 0. The fraction of sp³-hybridized carbons (Fsp3) is 0.154. The predicted molar refractivity (Wildman–Crippen MR) is 58.3 cm³/mol. The number of ether oxygens (including phenoxy) is 2. The topological polar surface area (TPSA) is 35.5 Å². The van der Waals surface area contributed by atoms with Crippen molar-refractivity contribution in [1.29, 1.82) is 0 Å². The van der Waals surface area contributed by atoms with Crippen LogP contribution in [-0.4, -0.2) is 12.6 Å². The van der Waals surface area contributed by atoms with E-state index in [1.807, 2.05) is 24.3 Å². The molecule has 1 aliphatic carbocycles. The third-order valence-electron chi connectivity index (χ3n) is 2.66. The second kappa shape index (κ2) is 3.23. The van der Waals surface area contributed by atoms with E-state index in [1.54, 1.807) is 13.2 Å². The fourth-order valence-electron chi connectivity index (χ4n) is 1.89. The summed E-state index contributed by atoms with van der Waals surface area (Å²) in [4.78, 5) is 11.6. The molecular weight excluding hydrogens is 204 g/mol. The van der Waals surface area contributed by atoms with E-state index in [0.29, 0.717) is 17.9 Å². The van der Waals surface area contributed by atoms with E-state index in [0.717, 1.165) is 16.0 Å². The van der Waals surface area contributed by atoms with E-state index in [-0.39, 0.29) is 5.97 Å². The number of hydrogen-bond donors (Lipinski definition) is 0. The van der Waals surface area contributed by atoms with E-state index in [1.165, 1.54) is 0 Å². The first-order chi connectivity index (χ1) is 7.83. The first-order valence-electron chi connectivity index (χ1n) is 5.21. The summed E-state index contributed by atoms with van der Waals surface area (Å²) in [7, 11) is 0. The predicted octanol–water partition coefficient (Wildman–Crippen LogP) is 0.436. The number of hydrogen-bond acceptors (Lipinski definition) is 3. The van der Waals surface area contributed by atoms with Gasteiger partial charge in [-0.25, -0.2) is 4.79 Å². The van der Waals surface area contributed by atoms with Crippen molar-refractivity contribution in [3.8, 4) is 0 Å². The molecule has 1 aromatic carbocycles. The molecule has 3 rings (SSSR count). The molecule has 1 aromatic rings. The fourth-order valence-corrected chi connectivity index (χ4v) is 1.89. The molecular formula is C13H10O3. The SMILES string of the molecule is CCOC(=O)C1=C2OC=c3ccccc3=C21. The van der Waals surface area contributed by atoms with Gasteiger partial charge in [0.2, 0.25) is 0 Å². The number of allylic oxidation sites excluding steroid dienone is 1. The monoisotopic (exact) mass is 214 g/mol. The second-order valence-corrected chi connectivity index (χ2v) is 3.62. The first-order valence-corrected chi connectivity index (χ1v) is 5.21. The van der Waals surface area contributed by atoms with Gasteiger partial charge in [-0.1, -0.05) is 24.3 Å². The second-order valence-electron chi connectivity index (χ2n) is 3.62. The minimum Gasteiger partial charge on any atom is -0.463 e. The zero-order chi connectivity index (χ0) is 11.1. The quantitative estimate of drug-likeness (QED) is 0.670. The number of esters is 1. The lowest BCUT2D eigenvalue weighted by molar-refractivity contribution is -0.137. The van der Waals surface area contributed by atoms with Crippen LogP contribution < -0.4 is 10.4 Å². The minimum atomic E-state index is -0.294. The molecule has 16 heavy (non-hydrogen) atoms. The Hall–Kier alpha value is -2.03. The third kappa shape index (κ3) is 1.18. The van der Waals surface area contributed by atoms with Gasteiger partial charge in [-0.3, -0.25) is 0 Å². The zero-order valence-electron chi connectivity index (χ0n) is 8.82. The molecule has 3 nitrogen and oxygen atoms in total. The van der Waals surface area contributed by atoms with Gasteiger partial charge in [0.1, 0.15) is 5.57 Å². The highest BCUT2D eigenvalue weighted by Gasteiger charge is 2.40. The summed E-state index contributed by atoms with van der Waals surface area (Å²) in [5, 5.41) is 2.05. The van der Waals surface area contributed by atoms with Crippen LogP contribution in [0.15, 0.2) is 35.6 Å². The van der Waals surface area contributed by atoms with Crippen molar-refractivity contribution >= 4 is 17.8 Å². The molecule has 0 unspecified atom stereocenters. The molecule has 0 saturated heterocycles. The van der Waals surface area contributed by atoms with Gasteiger partial charge in [-0.15, -0.1) is 0 Å². The molecule has 1 aliphatic heterocycles. The lowest BCUT2D eigenvalue weighted by Gasteiger charge is -1.98. The number of carbonyl (C=O) groups is 1. The lowest BCUT2D eigenvalue weighted by atomic mass is 10.2. The molecule has 0 radical (unpaired) electrons. The average Bonchev–Trinajstić information content (AvgIpc) is 3.04. The van der Waals surface area contributed by atoms with E-state index in [2.05, 4.69) is 0 Å². The summed E-state index contributed by atoms with van der Waals surface area (Å²) in [6, 6.07) is 7.83. The van der Waals surface area contributed by atoms with Gasteiger partial charge in [0, 0.05) is 10.8 Å². The Morgan fingerprint density at radius 3 is 3.00 bits per heavy atom. The van der Waals surface area contributed by atoms with Crippen LogP contribution in [0.2, 0.25) is 0 Å². The van der Waals surface area contributed by atoms with Crippen LogP contribution >= 0.6 is 0 Å². The standard InChI is InChI=1S/C13H10O3/c1-2-15-13(14)11-10-9-6-4-3-5-8(9)7-16-12(10)11/h3-7H,2H2,1H3. The summed E-state index contributed by atoms with van der Waals surface area (Å²) in [6.07, 6.45) is 1.67. The highest BCUT2D eigenvalue weighted by molar-refractivity contribution is 6.18. The smallest absolute Gasteiger partial charge is 0.342 e. The Morgan fingerprint density at radius 2 is 2.19 bits per heavy atom. The molecule has 0 amide bonds. The van der Waals surface area contributed by atoms with E-state index in [9.17, 15) is 4.79 Å². The Bertz CT molecular complexity index is 623. The molecule has 0 N–H and O–H groups in total. The van der Waals surface area contributed by atoms with Gasteiger partial charge in [0.05, 0.1) is 12.9 Å². The van der Waals surface area contributed by atoms with Crippen LogP contribution in [0, 0.1) is 0 Å². The number of rotatable bonds is 2. The van der Waals surface area contributed by atoms with Crippen molar-refractivity contribution in [2.24, 2.45) is 0 Å². The van der Waals surface area contributed by atoms with Crippen molar-refractivity contribution in [3.63, 3.8) is 0 Å². The summed E-state index contributed by atoms with van der Waals surface area (Å²) in [5.41, 5.74) is 1.49. The zero-order valence-corrected chi connectivity index (χ0v) is 8.82. The highest BCUT2D eigenvalue weighted by atomic mass is 16.5. The van der Waals surface area contributed by atoms with Crippen LogP contribution in [0.25, 0.3) is 11.8 Å². The molecule has 0 aromatic heterocycles. The molecule has 0 bridgehead atoms. The Balaban J connectivity index is 2.09. The van der Waals surface area contributed by atoms with Gasteiger partial charge in [0.15, 0.2) is 5.76 Å². The van der Waals surface area contributed by atoms with Gasteiger partial charge in [-0.2, -0.15) is 0 Å². The third-order valence-corrected chi connectivity index (χ3v) is 2.66. The maximum absolute atomic E-state index is 11.6. The Labute approximate surface area is 92.3 Å². The van der Waals surface area contributed by atoms with Gasteiger partial charge >= 0.3 is 5.97 Å². The normalized spacial score (nSPS) is 15.7. The van der Waals surface area contributed by atoms with Crippen LogP contribution in [0.4, 0.5) is 0 Å². The Kier molecular flexibility index (Phi) is 1.86. The molecule has 0 saturated carbocycles. The molecule has 0 spiro atoms. The van der Waals surface area contributed by atoms with Crippen molar-refractivity contribution < 1.29 is 14.3 Å². The molecule has 0 fully saturated rings. The number of carbonyl (C=O) groups excluding carboxylic acids is 1. The summed E-state index contributed by atoms with van der Waals surface area (Å²) in [5.74, 6) is 0.370.